The van der Waals surface area contributed by atoms with Crippen molar-refractivity contribution in [1.29, 1.82) is 0 Å². The van der Waals surface area contributed by atoms with Gasteiger partial charge in [0.25, 0.3) is 0 Å². The Kier molecular flexibility index (Phi) is 6.49. The highest BCUT2D eigenvalue weighted by Crippen LogP contribution is 2.21. The van der Waals surface area contributed by atoms with E-state index in [2.05, 4.69) is 12.2 Å². The largest absolute Gasteiger partial charge is 0.338 e. The van der Waals surface area contributed by atoms with Crippen LogP contribution in [0.4, 0.5) is 0 Å². The van der Waals surface area contributed by atoms with Crippen molar-refractivity contribution in [1.82, 2.24) is 15.1 Å². The van der Waals surface area contributed by atoms with E-state index in [4.69, 9.17) is 0 Å². The van der Waals surface area contributed by atoms with Gasteiger partial charge in [0.15, 0.2) is 0 Å². The number of amides is 2. The third-order valence-corrected chi connectivity index (χ3v) is 4.53. The van der Waals surface area contributed by atoms with Gasteiger partial charge in [-0.3, -0.25) is 9.59 Å². The number of nitrogens with one attached hydrogen (secondary N) is 1. The molecule has 1 unspecified atom stereocenters. The Balaban J connectivity index is 1.83. The second-order valence-corrected chi connectivity index (χ2v) is 6.13. The smallest absolute Gasteiger partial charge is 0.245 e. The topological polar surface area (TPSA) is 52.7 Å². The quantitative estimate of drug-likeness (QED) is 0.753. The Morgan fingerprint density at radius 1 is 1.10 bits per heavy atom. The average Bonchev–Trinajstić information content (AvgIpc) is 3.01. The summed E-state index contributed by atoms with van der Waals surface area (Å²) in [6.45, 7) is 6.20. The molecule has 2 saturated heterocycles. The summed E-state index contributed by atoms with van der Waals surface area (Å²) in [7, 11) is 0. The van der Waals surface area contributed by atoms with E-state index in [0.717, 1.165) is 58.4 Å². The number of rotatable bonds is 6. The second kappa shape index (κ2) is 8.37. The van der Waals surface area contributed by atoms with Gasteiger partial charge in [-0.1, -0.05) is 26.2 Å². The van der Waals surface area contributed by atoms with Crippen molar-refractivity contribution >= 4 is 11.8 Å². The lowest BCUT2D eigenvalue weighted by Crippen LogP contribution is -2.53. The molecule has 1 N–H and O–H groups in total. The van der Waals surface area contributed by atoms with Gasteiger partial charge < -0.3 is 15.1 Å². The lowest BCUT2D eigenvalue weighted by atomic mass is 10.1. The first-order chi connectivity index (χ1) is 10.2. The zero-order valence-electron chi connectivity index (χ0n) is 13.3. The predicted octanol–water partition coefficient (Wildman–Crippen LogP) is 1.38. The number of piperazine rings is 1. The van der Waals surface area contributed by atoms with Crippen LogP contribution in [0.1, 0.15) is 51.9 Å². The molecule has 0 aliphatic carbocycles. The Labute approximate surface area is 128 Å². The fraction of sp³-hybridized carbons (Fsp3) is 0.875. The highest BCUT2D eigenvalue weighted by Gasteiger charge is 2.36. The van der Waals surface area contributed by atoms with Crippen molar-refractivity contribution in [2.75, 3.05) is 32.7 Å². The minimum absolute atomic E-state index is 0.163. The third-order valence-electron chi connectivity index (χ3n) is 4.53. The fourth-order valence-corrected chi connectivity index (χ4v) is 3.26. The maximum Gasteiger partial charge on any atom is 0.245 e. The van der Waals surface area contributed by atoms with E-state index in [1.54, 1.807) is 0 Å². The summed E-state index contributed by atoms with van der Waals surface area (Å²) in [6.07, 6.45) is 6.85. The molecule has 1 atom stereocenters. The predicted molar refractivity (Wildman–Crippen MR) is 82.9 cm³/mol. The highest BCUT2D eigenvalue weighted by atomic mass is 16.2. The van der Waals surface area contributed by atoms with Gasteiger partial charge in [-0.05, 0) is 19.3 Å². The Morgan fingerprint density at radius 3 is 2.57 bits per heavy atom. The van der Waals surface area contributed by atoms with Crippen molar-refractivity contribution in [3.63, 3.8) is 0 Å². The number of unbranched alkanes of at least 4 members (excludes halogenated alkanes) is 3. The first kappa shape index (κ1) is 16.3. The van der Waals surface area contributed by atoms with Gasteiger partial charge in [-0.25, -0.2) is 0 Å². The summed E-state index contributed by atoms with van der Waals surface area (Å²) >= 11 is 0. The third kappa shape index (κ3) is 4.43. The van der Waals surface area contributed by atoms with Crippen LogP contribution in [-0.2, 0) is 9.59 Å². The van der Waals surface area contributed by atoms with E-state index >= 15 is 0 Å². The zero-order valence-corrected chi connectivity index (χ0v) is 13.3. The molecule has 0 bridgehead atoms. The molecule has 0 aromatic heterocycles. The van der Waals surface area contributed by atoms with Crippen LogP contribution in [0.2, 0.25) is 0 Å². The molecule has 2 rings (SSSR count). The summed E-state index contributed by atoms with van der Waals surface area (Å²) in [5.41, 5.74) is 0. The van der Waals surface area contributed by atoms with Crippen LogP contribution in [0.15, 0.2) is 0 Å². The molecule has 0 aromatic rings. The first-order valence-electron chi connectivity index (χ1n) is 8.53. The number of hydrogen-bond acceptors (Lipinski definition) is 3. The van der Waals surface area contributed by atoms with Crippen molar-refractivity contribution in [3.05, 3.63) is 0 Å². The number of nitrogens with zero attached hydrogens (tertiary/aromatic N) is 2. The molecule has 5 heteroatoms. The Bertz CT molecular complexity index is 353. The highest BCUT2D eigenvalue weighted by molar-refractivity contribution is 5.88. The lowest BCUT2D eigenvalue weighted by Gasteiger charge is -2.33. The standard InChI is InChI=1S/C16H29N3O2/c1-2-3-4-5-8-15(20)19-11-6-7-14(19)16(21)18-12-9-17-10-13-18/h14,17H,2-13H2,1H3. The SMILES string of the molecule is CCCCCCC(=O)N1CCCC1C(=O)N1CCNCC1. The van der Waals surface area contributed by atoms with E-state index in [1.165, 1.54) is 12.8 Å². The van der Waals surface area contributed by atoms with Crippen LogP contribution in [0, 0.1) is 0 Å². The van der Waals surface area contributed by atoms with Crippen LogP contribution in [0.25, 0.3) is 0 Å². The van der Waals surface area contributed by atoms with Crippen molar-refractivity contribution in [2.24, 2.45) is 0 Å². The molecule has 2 heterocycles. The van der Waals surface area contributed by atoms with Crippen molar-refractivity contribution in [2.45, 2.75) is 57.9 Å². The first-order valence-corrected chi connectivity index (χ1v) is 8.53. The summed E-state index contributed by atoms with van der Waals surface area (Å²) in [6, 6.07) is -0.193. The molecule has 5 nitrogen and oxygen atoms in total. The molecule has 120 valence electrons. The van der Waals surface area contributed by atoms with Crippen LogP contribution in [0.5, 0.6) is 0 Å². The molecule has 2 fully saturated rings. The summed E-state index contributed by atoms with van der Waals surface area (Å²) < 4.78 is 0. The molecule has 2 aliphatic rings. The maximum absolute atomic E-state index is 12.6. The molecule has 21 heavy (non-hydrogen) atoms. The lowest BCUT2D eigenvalue weighted by molar-refractivity contribution is -0.144. The Morgan fingerprint density at radius 2 is 1.86 bits per heavy atom. The van der Waals surface area contributed by atoms with Gasteiger partial charge in [-0.15, -0.1) is 0 Å². The van der Waals surface area contributed by atoms with Crippen LogP contribution >= 0.6 is 0 Å². The molecule has 0 saturated carbocycles. The van der Waals surface area contributed by atoms with Gasteiger partial charge in [0.2, 0.25) is 11.8 Å². The van der Waals surface area contributed by atoms with Crippen molar-refractivity contribution in [3.8, 4) is 0 Å². The van der Waals surface area contributed by atoms with Crippen LogP contribution < -0.4 is 5.32 Å². The minimum atomic E-state index is -0.193. The molecular formula is C16H29N3O2. The monoisotopic (exact) mass is 295 g/mol. The van der Waals surface area contributed by atoms with Crippen LogP contribution in [0.3, 0.4) is 0 Å². The summed E-state index contributed by atoms with van der Waals surface area (Å²) in [5.74, 6) is 0.341. The van der Waals surface area contributed by atoms with Gasteiger partial charge >= 0.3 is 0 Å². The van der Waals surface area contributed by atoms with Gasteiger partial charge in [0.1, 0.15) is 6.04 Å². The fourth-order valence-electron chi connectivity index (χ4n) is 3.26. The van der Waals surface area contributed by atoms with Gasteiger partial charge in [-0.2, -0.15) is 0 Å². The van der Waals surface area contributed by atoms with Crippen molar-refractivity contribution < 1.29 is 9.59 Å². The summed E-state index contributed by atoms with van der Waals surface area (Å²) in [4.78, 5) is 28.7. The van der Waals surface area contributed by atoms with E-state index < -0.39 is 0 Å². The molecular weight excluding hydrogens is 266 g/mol. The summed E-state index contributed by atoms with van der Waals surface area (Å²) in [5, 5.41) is 3.26. The normalized spacial score (nSPS) is 22.6. The van der Waals surface area contributed by atoms with E-state index in [9.17, 15) is 9.59 Å². The molecule has 2 amide bonds. The zero-order chi connectivity index (χ0) is 15.1. The van der Waals surface area contributed by atoms with Crippen LogP contribution in [-0.4, -0.2) is 60.4 Å². The number of likely N-dealkylation sites (tertiary alicyclic amines) is 1. The second-order valence-electron chi connectivity index (χ2n) is 6.13. The Hall–Kier alpha value is -1.10. The van der Waals surface area contributed by atoms with E-state index in [1.807, 2.05) is 9.80 Å². The van der Waals surface area contributed by atoms with E-state index in [-0.39, 0.29) is 17.9 Å². The number of carbonyl (C=O) groups excluding carboxylic acids is 2. The number of carbonyl (C=O) groups is 2. The molecule has 0 aromatic carbocycles. The maximum atomic E-state index is 12.6. The average molecular weight is 295 g/mol. The molecule has 0 spiro atoms. The molecule has 0 radical (unpaired) electrons. The molecule has 2 aliphatic heterocycles. The number of hydrogen-bond donors (Lipinski definition) is 1. The minimum Gasteiger partial charge on any atom is -0.338 e. The van der Waals surface area contributed by atoms with Gasteiger partial charge in [0.05, 0.1) is 0 Å². The van der Waals surface area contributed by atoms with E-state index in [0.29, 0.717) is 6.42 Å². The van der Waals surface area contributed by atoms with Gasteiger partial charge in [0, 0.05) is 39.1 Å².